The van der Waals surface area contributed by atoms with Crippen LogP contribution in [0.1, 0.15) is 20.8 Å². The van der Waals surface area contributed by atoms with Crippen molar-refractivity contribution in [3.05, 3.63) is 18.2 Å². The Balaban J connectivity index is 2.70. The van der Waals surface area contributed by atoms with E-state index in [9.17, 15) is 0 Å². The van der Waals surface area contributed by atoms with E-state index in [2.05, 4.69) is 10.6 Å². The van der Waals surface area contributed by atoms with Crippen LogP contribution in [0, 0.1) is 0 Å². The normalized spacial score (nSPS) is 11.6. The molecule has 0 bridgehead atoms. The number of hydrogen-bond donors (Lipinski definition) is 2. The van der Waals surface area contributed by atoms with Gasteiger partial charge in [-0.2, -0.15) is 0 Å². The average Bonchev–Trinajstić information content (AvgIpc) is 2.42. The lowest BCUT2D eigenvalue weighted by Gasteiger charge is -2.17. The molecule has 0 aliphatic heterocycles. The zero-order valence-corrected chi connectivity index (χ0v) is 13.9. The number of hydrogen-bond acceptors (Lipinski definition) is 4. The zero-order chi connectivity index (χ0) is 15.7. The van der Waals surface area contributed by atoms with E-state index in [0.717, 1.165) is 11.4 Å². The molecular formula is C15H24N2O3S. The summed E-state index contributed by atoms with van der Waals surface area (Å²) in [5, 5.41) is 6.82. The minimum Gasteiger partial charge on any atom is -0.490 e. The Labute approximate surface area is 132 Å². The maximum Gasteiger partial charge on any atom is 0.171 e. The van der Waals surface area contributed by atoms with Gasteiger partial charge in [0, 0.05) is 24.9 Å². The zero-order valence-electron chi connectivity index (χ0n) is 13.1. The molecule has 0 fully saturated rings. The van der Waals surface area contributed by atoms with Crippen molar-refractivity contribution < 1.29 is 14.2 Å². The highest BCUT2D eigenvalue weighted by molar-refractivity contribution is 7.80. The van der Waals surface area contributed by atoms with E-state index in [-0.39, 0.29) is 6.04 Å². The highest BCUT2D eigenvalue weighted by Gasteiger charge is 2.08. The Morgan fingerprint density at radius 3 is 2.48 bits per heavy atom. The third-order valence-electron chi connectivity index (χ3n) is 2.60. The number of anilines is 1. The van der Waals surface area contributed by atoms with Crippen LogP contribution in [-0.2, 0) is 4.74 Å². The van der Waals surface area contributed by atoms with E-state index in [1.54, 1.807) is 7.11 Å². The largest absolute Gasteiger partial charge is 0.490 e. The lowest BCUT2D eigenvalue weighted by Crippen LogP contribution is -2.38. The molecule has 0 amide bonds. The first-order valence-electron chi connectivity index (χ1n) is 7.06. The fourth-order valence-corrected chi connectivity index (χ4v) is 2.13. The fraction of sp³-hybridized carbons (Fsp3) is 0.533. The predicted molar refractivity (Wildman–Crippen MR) is 89.5 cm³/mol. The summed E-state index contributed by atoms with van der Waals surface area (Å²) in [6.45, 7) is 7.65. The molecule has 1 rings (SSSR count). The highest BCUT2D eigenvalue weighted by Crippen LogP contribution is 2.30. The molecule has 0 saturated heterocycles. The van der Waals surface area contributed by atoms with Crippen molar-refractivity contribution in [2.75, 3.05) is 32.2 Å². The van der Waals surface area contributed by atoms with Crippen molar-refractivity contribution in [1.29, 1.82) is 0 Å². The molecule has 118 valence electrons. The van der Waals surface area contributed by atoms with E-state index in [1.165, 1.54) is 0 Å². The fourth-order valence-electron chi connectivity index (χ4n) is 1.81. The third-order valence-corrected chi connectivity index (χ3v) is 2.82. The molecule has 0 aromatic heterocycles. The van der Waals surface area contributed by atoms with Crippen molar-refractivity contribution in [1.82, 2.24) is 5.32 Å². The predicted octanol–water partition coefficient (Wildman–Crippen LogP) is 2.81. The van der Waals surface area contributed by atoms with Gasteiger partial charge in [0.2, 0.25) is 0 Å². The number of thiocarbonyl (C=S) groups is 1. The van der Waals surface area contributed by atoms with Gasteiger partial charge in [-0.25, -0.2) is 0 Å². The molecule has 6 heteroatoms. The molecule has 1 atom stereocenters. The topological polar surface area (TPSA) is 51.8 Å². The van der Waals surface area contributed by atoms with Gasteiger partial charge in [-0.15, -0.1) is 0 Å². The molecule has 0 heterocycles. The summed E-state index contributed by atoms with van der Waals surface area (Å²) in [4.78, 5) is 0. The van der Waals surface area contributed by atoms with Gasteiger partial charge in [-0.3, -0.25) is 0 Å². The van der Waals surface area contributed by atoms with Gasteiger partial charge < -0.3 is 24.8 Å². The first kappa shape index (κ1) is 17.5. The molecule has 1 aromatic carbocycles. The first-order valence-corrected chi connectivity index (χ1v) is 7.47. The Morgan fingerprint density at radius 1 is 1.19 bits per heavy atom. The molecule has 2 N–H and O–H groups in total. The Kier molecular flexibility index (Phi) is 7.85. The van der Waals surface area contributed by atoms with Crippen LogP contribution in [0.2, 0.25) is 0 Å². The molecule has 1 aromatic rings. The molecule has 0 spiro atoms. The van der Waals surface area contributed by atoms with Crippen molar-refractivity contribution in [3.8, 4) is 11.5 Å². The van der Waals surface area contributed by atoms with Crippen LogP contribution in [0.15, 0.2) is 18.2 Å². The number of ether oxygens (including phenoxy) is 3. The van der Waals surface area contributed by atoms with Crippen LogP contribution >= 0.6 is 12.2 Å². The van der Waals surface area contributed by atoms with E-state index >= 15 is 0 Å². The van der Waals surface area contributed by atoms with Crippen molar-refractivity contribution in [3.63, 3.8) is 0 Å². The van der Waals surface area contributed by atoms with Gasteiger partial charge in [-0.1, -0.05) is 0 Å². The van der Waals surface area contributed by atoms with E-state index in [4.69, 9.17) is 26.4 Å². The maximum absolute atomic E-state index is 5.58. The van der Waals surface area contributed by atoms with Gasteiger partial charge in [0.15, 0.2) is 16.6 Å². The summed E-state index contributed by atoms with van der Waals surface area (Å²) in [7, 11) is 1.66. The Bertz CT molecular complexity index is 455. The minimum absolute atomic E-state index is 0.143. The van der Waals surface area contributed by atoms with Crippen LogP contribution in [-0.4, -0.2) is 38.1 Å². The lowest BCUT2D eigenvalue weighted by atomic mass is 10.2. The standard InChI is InChI=1S/C15H24N2O3S/c1-5-19-13-8-7-12(9-14(13)20-6-2)17-15(21)16-11(3)10-18-4/h7-9,11H,5-6,10H2,1-4H3,(H2,16,17,21). The number of rotatable bonds is 8. The summed E-state index contributed by atoms with van der Waals surface area (Å²) in [5.74, 6) is 1.44. The van der Waals surface area contributed by atoms with Gasteiger partial charge in [0.25, 0.3) is 0 Å². The molecule has 5 nitrogen and oxygen atoms in total. The molecule has 21 heavy (non-hydrogen) atoms. The minimum atomic E-state index is 0.143. The third kappa shape index (κ3) is 6.18. The van der Waals surface area contributed by atoms with Crippen LogP contribution in [0.3, 0.4) is 0 Å². The average molecular weight is 312 g/mol. The summed E-state index contributed by atoms with van der Waals surface area (Å²) >= 11 is 5.27. The van der Waals surface area contributed by atoms with Crippen molar-refractivity contribution in [2.45, 2.75) is 26.8 Å². The van der Waals surface area contributed by atoms with Gasteiger partial charge in [-0.05, 0) is 45.1 Å². The van der Waals surface area contributed by atoms with E-state index < -0.39 is 0 Å². The SMILES string of the molecule is CCOc1ccc(NC(=S)NC(C)COC)cc1OCC. The number of benzene rings is 1. The molecule has 1 unspecified atom stereocenters. The van der Waals surface area contributed by atoms with E-state index in [0.29, 0.717) is 30.7 Å². The van der Waals surface area contributed by atoms with E-state index in [1.807, 2.05) is 39.0 Å². The van der Waals surface area contributed by atoms with Crippen LogP contribution < -0.4 is 20.1 Å². The van der Waals surface area contributed by atoms with Crippen molar-refractivity contribution >= 4 is 23.0 Å². The molecule has 0 aliphatic rings. The Morgan fingerprint density at radius 2 is 1.86 bits per heavy atom. The molecular weight excluding hydrogens is 288 g/mol. The second-order valence-electron chi connectivity index (χ2n) is 4.48. The summed E-state index contributed by atoms with van der Waals surface area (Å²) < 4.78 is 16.2. The number of nitrogens with one attached hydrogen (secondary N) is 2. The van der Waals surface area contributed by atoms with Crippen LogP contribution in [0.4, 0.5) is 5.69 Å². The molecule has 0 saturated carbocycles. The van der Waals surface area contributed by atoms with Gasteiger partial charge >= 0.3 is 0 Å². The maximum atomic E-state index is 5.58. The van der Waals surface area contributed by atoms with Crippen LogP contribution in [0.25, 0.3) is 0 Å². The highest BCUT2D eigenvalue weighted by atomic mass is 32.1. The van der Waals surface area contributed by atoms with Gasteiger partial charge in [0.05, 0.1) is 19.8 Å². The van der Waals surface area contributed by atoms with Crippen molar-refractivity contribution in [2.24, 2.45) is 0 Å². The molecule has 0 radical (unpaired) electrons. The lowest BCUT2D eigenvalue weighted by molar-refractivity contribution is 0.179. The molecule has 0 aliphatic carbocycles. The summed E-state index contributed by atoms with van der Waals surface area (Å²) in [5.41, 5.74) is 0.851. The number of methoxy groups -OCH3 is 1. The van der Waals surface area contributed by atoms with Gasteiger partial charge in [0.1, 0.15) is 0 Å². The summed E-state index contributed by atoms with van der Waals surface area (Å²) in [6.07, 6.45) is 0. The first-order chi connectivity index (χ1) is 10.1. The second-order valence-corrected chi connectivity index (χ2v) is 4.89. The van der Waals surface area contributed by atoms with Crippen LogP contribution in [0.5, 0.6) is 11.5 Å². The monoisotopic (exact) mass is 312 g/mol. The summed E-state index contributed by atoms with van der Waals surface area (Å²) in [6, 6.07) is 5.80. The second kappa shape index (κ2) is 9.41. The smallest absolute Gasteiger partial charge is 0.171 e. The quantitative estimate of drug-likeness (QED) is 0.720. The Hall–Kier alpha value is -1.53.